The minimum atomic E-state index is 0. The summed E-state index contributed by atoms with van der Waals surface area (Å²) in [6.45, 7) is 6.96. The fraction of sp³-hybridized carbons (Fsp3) is 0.429. The summed E-state index contributed by atoms with van der Waals surface area (Å²) in [7, 11) is 0. The average molecular weight is 100 g/mol. The molecule has 0 fully saturated rings. The Kier molecular flexibility index (Phi) is 41.0. The van der Waals surface area contributed by atoms with Crippen LogP contribution in [0.5, 0.6) is 0 Å². The lowest BCUT2D eigenvalue weighted by molar-refractivity contribution is 1.42. The first kappa shape index (κ1) is 16.1. The molecule has 0 heteroatoms. The smallest absolute Gasteiger partial charge is 0.0175 e. The van der Waals surface area contributed by atoms with Crippen LogP contribution in [0.4, 0.5) is 0 Å². The van der Waals surface area contributed by atoms with Gasteiger partial charge in [-0.15, -0.1) is 13.2 Å². The van der Waals surface area contributed by atoms with Crippen LogP contribution >= 0.6 is 0 Å². The normalized spacial score (nSPS) is 4.57. The van der Waals surface area contributed by atoms with Gasteiger partial charge in [0, 0.05) is 0 Å². The van der Waals surface area contributed by atoms with Crippen LogP contribution in [0.15, 0.2) is 25.3 Å². The molecule has 0 nitrogen and oxygen atoms in total. The summed E-state index contributed by atoms with van der Waals surface area (Å²) in [4.78, 5) is 0. The monoisotopic (exact) mass is 100 g/mol. The van der Waals surface area contributed by atoms with Crippen LogP contribution in [0.1, 0.15) is 21.3 Å². The standard InChI is InChI=1S/C5H8.2CH4/c1-3-5-4-2;;/h3-4H,1-2,5H2;2*1H4. The van der Waals surface area contributed by atoms with E-state index in [1.165, 1.54) is 0 Å². The molecular weight excluding hydrogens is 84.1 g/mol. The highest BCUT2D eigenvalue weighted by Gasteiger charge is 1.52. The molecule has 7 heavy (non-hydrogen) atoms. The largest absolute Gasteiger partial charge is 0.103 e. The maximum atomic E-state index is 3.48. The highest BCUT2D eigenvalue weighted by molar-refractivity contribution is 4.79. The quantitative estimate of drug-likeness (QED) is 0.468. The van der Waals surface area contributed by atoms with Gasteiger partial charge in [0.15, 0.2) is 0 Å². The Bertz CT molecular complexity index is 29.3. The second-order valence-corrected chi connectivity index (χ2v) is 0.813. The van der Waals surface area contributed by atoms with Gasteiger partial charge in [0.25, 0.3) is 0 Å². The molecule has 0 bridgehead atoms. The Morgan fingerprint density at radius 2 is 1.29 bits per heavy atom. The number of rotatable bonds is 2. The molecule has 0 amide bonds. The summed E-state index contributed by atoms with van der Waals surface area (Å²) < 4.78 is 0. The van der Waals surface area contributed by atoms with E-state index in [-0.39, 0.29) is 14.9 Å². The van der Waals surface area contributed by atoms with Gasteiger partial charge in [-0.2, -0.15) is 0 Å². The van der Waals surface area contributed by atoms with E-state index in [1.807, 2.05) is 12.2 Å². The van der Waals surface area contributed by atoms with E-state index in [4.69, 9.17) is 0 Å². The second kappa shape index (κ2) is 17.9. The summed E-state index contributed by atoms with van der Waals surface area (Å²) in [6.07, 6.45) is 4.54. The molecule has 0 aliphatic heterocycles. The van der Waals surface area contributed by atoms with Crippen molar-refractivity contribution in [1.29, 1.82) is 0 Å². The zero-order valence-electron chi connectivity index (χ0n) is 3.28. The van der Waals surface area contributed by atoms with Gasteiger partial charge in [-0.1, -0.05) is 27.0 Å². The summed E-state index contributed by atoms with van der Waals surface area (Å²) >= 11 is 0. The SMILES string of the molecule is C.C.C=CCC=C. The fourth-order valence-corrected chi connectivity index (χ4v) is 0.118. The average Bonchev–Trinajstić information content (AvgIpc) is 1.41. The number of allylic oxidation sites excluding steroid dienone is 2. The highest BCUT2D eigenvalue weighted by atomic mass is 13.6. The van der Waals surface area contributed by atoms with Crippen molar-refractivity contribution in [2.45, 2.75) is 21.3 Å². The van der Waals surface area contributed by atoms with E-state index in [2.05, 4.69) is 13.2 Å². The maximum Gasteiger partial charge on any atom is -0.0175 e. The highest BCUT2D eigenvalue weighted by Crippen LogP contribution is 1.73. The lowest BCUT2D eigenvalue weighted by Crippen LogP contribution is -1.43. The molecule has 44 valence electrons. The fourth-order valence-electron chi connectivity index (χ4n) is 0.118. The van der Waals surface area contributed by atoms with Crippen LogP contribution < -0.4 is 0 Å². The topological polar surface area (TPSA) is 0 Å². The van der Waals surface area contributed by atoms with Crippen molar-refractivity contribution in [3.63, 3.8) is 0 Å². The molecule has 0 aliphatic rings. The van der Waals surface area contributed by atoms with Gasteiger partial charge in [0.2, 0.25) is 0 Å². The first-order valence-corrected chi connectivity index (χ1v) is 1.63. The minimum absolute atomic E-state index is 0. The Morgan fingerprint density at radius 3 is 1.29 bits per heavy atom. The van der Waals surface area contributed by atoms with E-state index < -0.39 is 0 Å². The molecule has 0 radical (unpaired) electrons. The Balaban J connectivity index is -0.0000000800. The molecule has 0 N–H and O–H groups in total. The van der Waals surface area contributed by atoms with Gasteiger partial charge in [-0.25, -0.2) is 0 Å². The maximum absolute atomic E-state index is 3.48. The number of hydrogen-bond acceptors (Lipinski definition) is 0. The Hall–Kier alpha value is -0.520. The third-order valence-corrected chi connectivity index (χ3v) is 0.333. The summed E-state index contributed by atoms with van der Waals surface area (Å²) in [5, 5.41) is 0. The lowest BCUT2D eigenvalue weighted by Gasteiger charge is -1.64. The summed E-state index contributed by atoms with van der Waals surface area (Å²) in [5.74, 6) is 0. The minimum Gasteiger partial charge on any atom is -0.103 e. The Labute approximate surface area is 47.6 Å². The van der Waals surface area contributed by atoms with Gasteiger partial charge in [0.1, 0.15) is 0 Å². The molecule has 0 unspecified atom stereocenters. The number of hydrogen-bond donors (Lipinski definition) is 0. The third-order valence-electron chi connectivity index (χ3n) is 0.333. The third kappa shape index (κ3) is 30.3. The second-order valence-electron chi connectivity index (χ2n) is 0.813. The molecule has 0 atom stereocenters. The van der Waals surface area contributed by atoms with Crippen LogP contribution in [0, 0.1) is 0 Å². The van der Waals surface area contributed by atoms with Crippen molar-refractivity contribution in [1.82, 2.24) is 0 Å². The molecule has 0 aliphatic carbocycles. The first-order chi connectivity index (χ1) is 2.41. The molecule has 0 aromatic rings. The van der Waals surface area contributed by atoms with E-state index >= 15 is 0 Å². The van der Waals surface area contributed by atoms with E-state index in [1.54, 1.807) is 0 Å². The molecule has 0 spiro atoms. The van der Waals surface area contributed by atoms with Crippen molar-refractivity contribution >= 4 is 0 Å². The molecule has 0 aromatic carbocycles. The van der Waals surface area contributed by atoms with Crippen molar-refractivity contribution < 1.29 is 0 Å². The summed E-state index contributed by atoms with van der Waals surface area (Å²) in [6, 6.07) is 0. The predicted molar refractivity (Wildman–Crippen MR) is 38.5 cm³/mol. The van der Waals surface area contributed by atoms with E-state index in [0.29, 0.717) is 0 Å². The predicted octanol–water partition coefficient (Wildman–Crippen LogP) is 3.02. The molecule has 0 saturated carbocycles. The lowest BCUT2D eigenvalue weighted by atomic mass is 10.4. The first-order valence-electron chi connectivity index (χ1n) is 1.63. The van der Waals surface area contributed by atoms with Crippen LogP contribution in [-0.2, 0) is 0 Å². The van der Waals surface area contributed by atoms with Crippen LogP contribution in [0.25, 0.3) is 0 Å². The van der Waals surface area contributed by atoms with E-state index in [0.717, 1.165) is 6.42 Å². The van der Waals surface area contributed by atoms with Gasteiger partial charge >= 0.3 is 0 Å². The molecule has 0 aromatic heterocycles. The molecule has 0 saturated heterocycles. The molecule has 0 heterocycles. The van der Waals surface area contributed by atoms with Crippen molar-refractivity contribution in [2.24, 2.45) is 0 Å². The van der Waals surface area contributed by atoms with Crippen LogP contribution in [0.3, 0.4) is 0 Å². The van der Waals surface area contributed by atoms with Gasteiger partial charge in [-0.05, 0) is 6.42 Å². The zero-order chi connectivity index (χ0) is 4.12. The molecule has 0 rings (SSSR count). The van der Waals surface area contributed by atoms with Gasteiger partial charge < -0.3 is 0 Å². The molecular formula is C7H16. The van der Waals surface area contributed by atoms with Crippen molar-refractivity contribution in [2.75, 3.05) is 0 Å². The van der Waals surface area contributed by atoms with Crippen LogP contribution in [-0.4, -0.2) is 0 Å². The van der Waals surface area contributed by atoms with E-state index in [9.17, 15) is 0 Å². The van der Waals surface area contributed by atoms with Crippen molar-refractivity contribution in [3.05, 3.63) is 25.3 Å². The van der Waals surface area contributed by atoms with Gasteiger partial charge in [0.05, 0.1) is 0 Å². The van der Waals surface area contributed by atoms with Crippen molar-refractivity contribution in [3.8, 4) is 0 Å². The van der Waals surface area contributed by atoms with Crippen LogP contribution in [0.2, 0.25) is 0 Å². The summed E-state index contributed by atoms with van der Waals surface area (Å²) in [5.41, 5.74) is 0. The Morgan fingerprint density at radius 1 is 1.00 bits per heavy atom. The zero-order valence-corrected chi connectivity index (χ0v) is 3.28. The van der Waals surface area contributed by atoms with Gasteiger partial charge in [-0.3, -0.25) is 0 Å².